The minimum Gasteiger partial charge on any atom is -0.347 e. The molecule has 6 heteroatoms. The van der Waals surface area contributed by atoms with Crippen LogP contribution in [-0.2, 0) is 11.3 Å². The summed E-state index contributed by atoms with van der Waals surface area (Å²) in [6, 6.07) is 15.8. The van der Waals surface area contributed by atoms with E-state index in [1.807, 2.05) is 42.3 Å². The largest absolute Gasteiger partial charge is 0.347 e. The van der Waals surface area contributed by atoms with E-state index in [1.54, 1.807) is 19.2 Å². The molecule has 2 N–H and O–H groups in total. The maximum Gasteiger partial charge on any atom is 0.243 e. The molecule has 126 valence electrons. The molecule has 0 radical (unpaired) electrons. The van der Waals surface area contributed by atoms with Crippen LogP contribution in [0.4, 0.5) is 10.1 Å². The van der Waals surface area contributed by atoms with Gasteiger partial charge in [0, 0.05) is 26.3 Å². The normalized spacial score (nSPS) is 11.0. The van der Waals surface area contributed by atoms with E-state index in [0.29, 0.717) is 18.2 Å². The highest BCUT2D eigenvalue weighted by molar-refractivity contribution is 5.94. The maximum absolute atomic E-state index is 13.1. The van der Waals surface area contributed by atoms with Gasteiger partial charge in [-0.1, -0.05) is 36.4 Å². The van der Waals surface area contributed by atoms with Gasteiger partial charge in [-0.25, -0.2) is 4.39 Å². The van der Waals surface area contributed by atoms with E-state index in [2.05, 4.69) is 15.6 Å². The van der Waals surface area contributed by atoms with E-state index in [4.69, 9.17) is 0 Å². The van der Waals surface area contributed by atoms with Gasteiger partial charge in [-0.2, -0.15) is 0 Å². The Bertz CT molecular complexity index is 703. The van der Waals surface area contributed by atoms with Crippen LogP contribution < -0.4 is 10.6 Å². The van der Waals surface area contributed by atoms with Crippen molar-refractivity contribution in [2.75, 3.05) is 26.0 Å². The fraction of sp³-hybridized carbons (Fsp3) is 0.222. The van der Waals surface area contributed by atoms with Gasteiger partial charge in [-0.15, -0.1) is 0 Å². The summed E-state index contributed by atoms with van der Waals surface area (Å²) in [5, 5.41) is 5.63. The van der Waals surface area contributed by atoms with E-state index in [9.17, 15) is 9.18 Å². The standard InChI is InChI=1S/C18H21FN4O/c1-20-18(23(2)13-14-7-4-3-5-8-14)21-12-17(24)22-16-10-6-9-15(19)11-16/h3-11H,12-13H2,1-2H3,(H,20,21)(H,22,24). The summed E-state index contributed by atoms with van der Waals surface area (Å²) in [5.41, 5.74) is 1.57. The van der Waals surface area contributed by atoms with Crippen molar-refractivity contribution in [3.8, 4) is 0 Å². The molecule has 0 unspecified atom stereocenters. The van der Waals surface area contributed by atoms with Crippen LogP contribution >= 0.6 is 0 Å². The molecule has 0 aromatic heterocycles. The number of hydrogen-bond acceptors (Lipinski definition) is 2. The lowest BCUT2D eigenvalue weighted by atomic mass is 10.2. The molecule has 0 saturated carbocycles. The highest BCUT2D eigenvalue weighted by atomic mass is 19.1. The first-order valence-corrected chi connectivity index (χ1v) is 7.59. The van der Waals surface area contributed by atoms with Crippen molar-refractivity contribution < 1.29 is 9.18 Å². The van der Waals surface area contributed by atoms with Crippen LogP contribution in [0.3, 0.4) is 0 Å². The number of guanidine groups is 1. The lowest BCUT2D eigenvalue weighted by molar-refractivity contribution is -0.115. The van der Waals surface area contributed by atoms with Crippen molar-refractivity contribution >= 4 is 17.6 Å². The van der Waals surface area contributed by atoms with E-state index in [0.717, 1.165) is 5.56 Å². The summed E-state index contributed by atoms with van der Waals surface area (Å²) in [7, 11) is 3.56. The molecule has 5 nitrogen and oxygen atoms in total. The summed E-state index contributed by atoms with van der Waals surface area (Å²) in [6.07, 6.45) is 0. The lowest BCUT2D eigenvalue weighted by Gasteiger charge is -2.22. The molecular formula is C18H21FN4O. The molecule has 2 rings (SSSR count). The van der Waals surface area contributed by atoms with E-state index < -0.39 is 0 Å². The number of anilines is 1. The van der Waals surface area contributed by atoms with Crippen LogP contribution in [0.15, 0.2) is 59.6 Å². The summed E-state index contributed by atoms with van der Waals surface area (Å²) < 4.78 is 13.1. The average molecular weight is 328 g/mol. The van der Waals surface area contributed by atoms with Crippen molar-refractivity contribution in [2.24, 2.45) is 4.99 Å². The molecule has 1 amide bonds. The summed E-state index contributed by atoms with van der Waals surface area (Å²) in [4.78, 5) is 18.0. The van der Waals surface area contributed by atoms with Gasteiger partial charge in [0.15, 0.2) is 5.96 Å². The van der Waals surface area contributed by atoms with Crippen molar-refractivity contribution in [2.45, 2.75) is 6.54 Å². The third-order valence-corrected chi connectivity index (χ3v) is 3.35. The lowest BCUT2D eigenvalue weighted by Crippen LogP contribution is -2.42. The van der Waals surface area contributed by atoms with Crippen LogP contribution in [0, 0.1) is 5.82 Å². The first-order chi connectivity index (χ1) is 11.6. The molecule has 2 aromatic carbocycles. The van der Waals surface area contributed by atoms with Gasteiger partial charge in [0.2, 0.25) is 5.91 Å². The minimum absolute atomic E-state index is 0.0440. The molecule has 0 fully saturated rings. The Morgan fingerprint density at radius 2 is 1.92 bits per heavy atom. The molecule has 2 aromatic rings. The number of rotatable bonds is 5. The van der Waals surface area contributed by atoms with E-state index in [-0.39, 0.29) is 18.3 Å². The molecule has 0 saturated heterocycles. The molecule has 0 aliphatic heterocycles. The monoisotopic (exact) mass is 328 g/mol. The van der Waals surface area contributed by atoms with Gasteiger partial charge in [0.1, 0.15) is 5.82 Å². The molecule has 0 spiro atoms. The zero-order valence-corrected chi connectivity index (χ0v) is 13.8. The topological polar surface area (TPSA) is 56.7 Å². The highest BCUT2D eigenvalue weighted by Gasteiger charge is 2.09. The zero-order valence-electron chi connectivity index (χ0n) is 13.8. The number of aliphatic imine (C=N–C) groups is 1. The van der Waals surface area contributed by atoms with Gasteiger partial charge in [0.05, 0.1) is 6.54 Å². The van der Waals surface area contributed by atoms with Crippen molar-refractivity contribution in [3.63, 3.8) is 0 Å². The van der Waals surface area contributed by atoms with Crippen LogP contribution in [0.2, 0.25) is 0 Å². The van der Waals surface area contributed by atoms with Gasteiger partial charge in [-0.05, 0) is 23.8 Å². The fourth-order valence-electron chi connectivity index (χ4n) is 2.25. The Morgan fingerprint density at radius 1 is 1.17 bits per heavy atom. The Morgan fingerprint density at radius 3 is 2.58 bits per heavy atom. The molecule has 0 bridgehead atoms. The van der Waals surface area contributed by atoms with Gasteiger partial charge >= 0.3 is 0 Å². The third kappa shape index (κ3) is 5.39. The molecule has 0 aliphatic rings. The number of amides is 1. The van der Waals surface area contributed by atoms with Crippen LogP contribution in [-0.4, -0.2) is 37.4 Å². The Balaban J connectivity index is 1.85. The first kappa shape index (κ1) is 17.5. The fourth-order valence-corrected chi connectivity index (χ4v) is 2.25. The smallest absolute Gasteiger partial charge is 0.243 e. The van der Waals surface area contributed by atoms with Crippen molar-refractivity contribution in [1.82, 2.24) is 10.2 Å². The number of nitrogens with one attached hydrogen (secondary N) is 2. The summed E-state index contributed by atoms with van der Waals surface area (Å²) >= 11 is 0. The predicted molar refractivity (Wildman–Crippen MR) is 94.3 cm³/mol. The maximum atomic E-state index is 13.1. The Kier molecular flexibility index (Phi) is 6.31. The van der Waals surface area contributed by atoms with Crippen LogP contribution in [0.1, 0.15) is 5.56 Å². The quantitative estimate of drug-likeness (QED) is 0.655. The van der Waals surface area contributed by atoms with Crippen molar-refractivity contribution in [3.05, 3.63) is 66.0 Å². The number of carbonyl (C=O) groups excluding carboxylic acids is 1. The van der Waals surface area contributed by atoms with Crippen LogP contribution in [0.25, 0.3) is 0 Å². The molecule has 0 aliphatic carbocycles. The third-order valence-electron chi connectivity index (χ3n) is 3.35. The van der Waals surface area contributed by atoms with E-state index >= 15 is 0 Å². The van der Waals surface area contributed by atoms with Gasteiger partial charge < -0.3 is 15.5 Å². The first-order valence-electron chi connectivity index (χ1n) is 7.59. The highest BCUT2D eigenvalue weighted by Crippen LogP contribution is 2.08. The average Bonchev–Trinajstić information content (AvgIpc) is 2.56. The Hall–Kier alpha value is -2.89. The summed E-state index contributed by atoms with van der Waals surface area (Å²) in [5.74, 6) is -0.0535. The molecule has 24 heavy (non-hydrogen) atoms. The van der Waals surface area contributed by atoms with Crippen LogP contribution in [0.5, 0.6) is 0 Å². The van der Waals surface area contributed by atoms with Gasteiger partial charge in [-0.3, -0.25) is 9.79 Å². The number of benzene rings is 2. The minimum atomic E-state index is -0.390. The number of halogens is 1. The number of carbonyl (C=O) groups is 1. The molecule has 0 heterocycles. The zero-order chi connectivity index (χ0) is 17.4. The second-order valence-corrected chi connectivity index (χ2v) is 5.30. The second kappa shape index (κ2) is 8.67. The van der Waals surface area contributed by atoms with Gasteiger partial charge in [0.25, 0.3) is 0 Å². The second-order valence-electron chi connectivity index (χ2n) is 5.30. The predicted octanol–water partition coefficient (Wildman–Crippen LogP) is 2.47. The Labute approximate surface area is 141 Å². The SMILES string of the molecule is CN=C(NCC(=O)Nc1cccc(F)c1)N(C)Cc1ccccc1. The van der Waals surface area contributed by atoms with E-state index in [1.165, 1.54) is 12.1 Å². The molecular weight excluding hydrogens is 307 g/mol. The summed E-state index contributed by atoms with van der Waals surface area (Å²) in [6.45, 7) is 0.717. The van der Waals surface area contributed by atoms with Crippen molar-refractivity contribution in [1.29, 1.82) is 0 Å². The molecule has 0 atom stereocenters. The number of nitrogens with zero attached hydrogens (tertiary/aromatic N) is 2. The number of hydrogen-bond donors (Lipinski definition) is 2.